The van der Waals surface area contributed by atoms with Crippen molar-refractivity contribution in [1.29, 1.82) is 0 Å². The van der Waals surface area contributed by atoms with Crippen molar-refractivity contribution in [3.8, 4) is 0 Å². The molecule has 0 amide bonds. The average molecular weight is 199 g/mol. The Bertz CT molecular complexity index is 228. The predicted molar refractivity (Wildman–Crippen MR) is 48.3 cm³/mol. The lowest BCUT2D eigenvalue weighted by molar-refractivity contribution is 1.12. The van der Waals surface area contributed by atoms with Gasteiger partial charge in [0.05, 0.1) is 0 Å². The Morgan fingerprint density at radius 1 is 1.40 bits per heavy atom. The summed E-state index contributed by atoms with van der Waals surface area (Å²) in [5.74, 6) is 0. The number of rotatable bonds is 1. The van der Waals surface area contributed by atoms with Crippen LogP contribution in [0.2, 0.25) is 0 Å². The summed E-state index contributed by atoms with van der Waals surface area (Å²) in [5.41, 5.74) is 2.71. The van der Waals surface area contributed by atoms with Gasteiger partial charge in [0.1, 0.15) is 0 Å². The van der Waals surface area contributed by atoms with Gasteiger partial charge in [0.25, 0.3) is 0 Å². The van der Waals surface area contributed by atoms with Crippen LogP contribution in [0.4, 0.5) is 0 Å². The first-order valence-electron chi connectivity index (χ1n) is 3.49. The number of aryl methyl sites for hydroxylation is 2. The number of halogens is 1. The molecule has 1 heteroatoms. The Kier molecular flexibility index (Phi) is 2.50. The molecule has 1 aromatic carbocycles. The molecule has 0 atom stereocenters. The maximum atomic E-state index is 3.54. The molecular formula is C9H11Br. The molecule has 0 heterocycles. The largest absolute Gasteiger partial charge is 0.0617 e. The fourth-order valence-electron chi connectivity index (χ4n) is 0.981. The third-order valence-corrected chi connectivity index (χ3v) is 2.79. The van der Waals surface area contributed by atoms with Gasteiger partial charge >= 0.3 is 0 Å². The molecule has 1 rings (SSSR count). The molecule has 0 spiro atoms. The summed E-state index contributed by atoms with van der Waals surface area (Å²) in [6.07, 6.45) is 1.10. The van der Waals surface area contributed by atoms with Crippen LogP contribution in [0.5, 0.6) is 0 Å². The molecular weight excluding hydrogens is 188 g/mol. The molecule has 1 aromatic rings. The van der Waals surface area contributed by atoms with E-state index in [0.717, 1.165) is 6.42 Å². The van der Waals surface area contributed by atoms with Crippen LogP contribution >= 0.6 is 15.9 Å². The number of benzene rings is 1. The van der Waals surface area contributed by atoms with Gasteiger partial charge < -0.3 is 0 Å². The van der Waals surface area contributed by atoms with E-state index in [2.05, 4.69) is 48.0 Å². The first-order valence-corrected chi connectivity index (χ1v) is 4.29. The zero-order valence-corrected chi connectivity index (χ0v) is 7.90. The van der Waals surface area contributed by atoms with Crippen LogP contribution in [-0.2, 0) is 6.42 Å². The molecule has 0 unspecified atom stereocenters. The van der Waals surface area contributed by atoms with E-state index in [-0.39, 0.29) is 0 Å². The summed E-state index contributed by atoms with van der Waals surface area (Å²) in [5, 5.41) is 0. The summed E-state index contributed by atoms with van der Waals surface area (Å²) < 4.78 is 1.26. The van der Waals surface area contributed by atoms with E-state index in [9.17, 15) is 0 Å². The zero-order valence-electron chi connectivity index (χ0n) is 6.32. The topological polar surface area (TPSA) is 0 Å². The molecule has 0 N–H and O–H groups in total. The zero-order chi connectivity index (χ0) is 7.56. The molecule has 0 bridgehead atoms. The average Bonchev–Trinajstić information content (AvgIpc) is 1.95. The van der Waals surface area contributed by atoms with Crippen molar-refractivity contribution in [2.45, 2.75) is 20.3 Å². The highest BCUT2D eigenvalue weighted by Gasteiger charge is 1.97. The van der Waals surface area contributed by atoms with E-state index in [0.29, 0.717) is 0 Å². The first-order chi connectivity index (χ1) is 4.75. The normalized spacial score (nSPS) is 9.90. The first kappa shape index (κ1) is 7.80. The quantitative estimate of drug-likeness (QED) is 0.650. The van der Waals surface area contributed by atoms with Crippen LogP contribution in [0, 0.1) is 6.92 Å². The van der Waals surface area contributed by atoms with Crippen LogP contribution < -0.4 is 0 Å². The van der Waals surface area contributed by atoms with Gasteiger partial charge in [-0.15, -0.1) is 0 Å². The Balaban J connectivity index is 3.14. The smallest absolute Gasteiger partial charge is 0.0236 e. The van der Waals surface area contributed by atoms with Gasteiger partial charge in [0.2, 0.25) is 0 Å². The van der Waals surface area contributed by atoms with Crippen molar-refractivity contribution >= 4 is 15.9 Å². The molecule has 0 saturated carbocycles. The summed E-state index contributed by atoms with van der Waals surface area (Å²) in [4.78, 5) is 0. The molecule has 0 aliphatic heterocycles. The molecule has 0 aromatic heterocycles. The van der Waals surface area contributed by atoms with Gasteiger partial charge in [-0.25, -0.2) is 0 Å². The predicted octanol–water partition coefficient (Wildman–Crippen LogP) is 3.32. The van der Waals surface area contributed by atoms with Gasteiger partial charge in [0.15, 0.2) is 0 Å². The van der Waals surface area contributed by atoms with Crippen LogP contribution in [0.1, 0.15) is 18.1 Å². The summed E-state index contributed by atoms with van der Waals surface area (Å²) >= 11 is 3.54. The van der Waals surface area contributed by atoms with Gasteiger partial charge in [0, 0.05) is 4.47 Å². The van der Waals surface area contributed by atoms with Crippen LogP contribution in [-0.4, -0.2) is 0 Å². The second-order valence-corrected chi connectivity index (χ2v) is 3.19. The van der Waals surface area contributed by atoms with Crippen molar-refractivity contribution in [3.05, 3.63) is 33.8 Å². The molecule has 0 fully saturated rings. The van der Waals surface area contributed by atoms with Crippen molar-refractivity contribution in [2.24, 2.45) is 0 Å². The maximum Gasteiger partial charge on any atom is 0.0236 e. The fourth-order valence-corrected chi connectivity index (χ4v) is 1.53. The van der Waals surface area contributed by atoms with Gasteiger partial charge in [-0.05, 0) is 24.5 Å². The van der Waals surface area contributed by atoms with E-state index in [4.69, 9.17) is 0 Å². The number of hydrogen-bond donors (Lipinski definition) is 0. The van der Waals surface area contributed by atoms with Gasteiger partial charge in [-0.3, -0.25) is 0 Å². The molecule has 0 nitrogen and oxygen atoms in total. The molecule has 0 radical (unpaired) electrons. The van der Waals surface area contributed by atoms with Gasteiger partial charge in [-0.1, -0.05) is 41.1 Å². The monoisotopic (exact) mass is 198 g/mol. The molecule has 0 saturated heterocycles. The third-order valence-electron chi connectivity index (χ3n) is 1.65. The Morgan fingerprint density at radius 3 is 2.60 bits per heavy atom. The highest BCUT2D eigenvalue weighted by Crippen LogP contribution is 2.20. The highest BCUT2D eigenvalue weighted by molar-refractivity contribution is 9.10. The van der Waals surface area contributed by atoms with E-state index in [1.807, 2.05) is 0 Å². The van der Waals surface area contributed by atoms with Crippen molar-refractivity contribution in [1.82, 2.24) is 0 Å². The minimum Gasteiger partial charge on any atom is -0.0617 e. The Labute approximate surface area is 70.4 Å². The van der Waals surface area contributed by atoms with Crippen LogP contribution in [0.15, 0.2) is 22.7 Å². The van der Waals surface area contributed by atoms with E-state index in [1.54, 1.807) is 0 Å². The van der Waals surface area contributed by atoms with Crippen molar-refractivity contribution in [2.75, 3.05) is 0 Å². The van der Waals surface area contributed by atoms with Crippen LogP contribution in [0.3, 0.4) is 0 Å². The molecule has 54 valence electrons. The Morgan fingerprint density at radius 2 is 2.10 bits per heavy atom. The van der Waals surface area contributed by atoms with Crippen molar-refractivity contribution < 1.29 is 0 Å². The standard InChI is InChI=1S/C9H11Br/c1-3-8-6-4-5-7(2)9(8)10/h4-6H,3H2,1-2H3. The third kappa shape index (κ3) is 1.40. The number of hydrogen-bond acceptors (Lipinski definition) is 0. The minimum absolute atomic E-state index is 1.10. The fraction of sp³-hybridized carbons (Fsp3) is 0.333. The summed E-state index contributed by atoms with van der Waals surface area (Å²) in [7, 11) is 0. The van der Waals surface area contributed by atoms with Gasteiger partial charge in [-0.2, -0.15) is 0 Å². The SMILES string of the molecule is CCc1cccc(C)c1Br. The molecule has 10 heavy (non-hydrogen) atoms. The minimum atomic E-state index is 1.10. The van der Waals surface area contributed by atoms with E-state index in [1.165, 1.54) is 15.6 Å². The maximum absolute atomic E-state index is 3.54. The molecule has 0 aliphatic rings. The lowest BCUT2D eigenvalue weighted by Gasteiger charge is -2.02. The van der Waals surface area contributed by atoms with E-state index < -0.39 is 0 Å². The second-order valence-electron chi connectivity index (χ2n) is 2.40. The lowest BCUT2D eigenvalue weighted by Crippen LogP contribution is -1.84. The summed E-state index contributed by atoms with van der Waals surface area (Å²) in [6.45, 7) is 4.28. The highest BCUT2D eigenvalue weighted by atomic mass is 79.9. The van der Waals surface area contributed by atoms with Crippen LogP contribution in [0.25, 0.3) is 0 Å². The second kappa shape index (κ2) is 3.20. The Hall–Kier alpha value is -0.300. The molecule has 0 aliphatic carbocycles. The lowest BCUT2D eigenvalue weighted by atomic mass is 10.1. The van der Waals surface area contributed by atoms with Crippen molar-refractivity contribution in [3.63, 3.8) is 0 Å². The van der Waals surface area contributed by atoms with E-state index >= 15 is 0 Å². The summed E-state index contributed by atoms with van der Waals surface area (Å²) in [6, 6.07) is 6.36.